The van der Waals surface area contributed by atoms with E-state index < -0.39 is 0 Å². The summed E-state index contributed by atoms with van der Waals surface area (Å²) in [4.78, 5) is 11.1. The molecule has 1 aromatic carbocycles. The Hall–Kier alpha value is -1.98. The molecule has 5 heteroatoms. The maximum absolute atomic E-state index is 5.75. The van der Waals surface area contributed by atoms with Crippen molar-refractivity contribution in [2.45, 2.75) is 20.0 Å². The average Bonchev–Trinajstić information content (AvgIpc) is 2.78. The number of aromatic nitrogens is 2. The molecule has 2 heterocycles. The van der Waals surface area contributed by atoms with Crippen LogP contribution in [0.25, 0.3) is 10.2 Å². The molecule has 0 spiro atoms. The summed E-state index contributed by atoms with van der Waals surface area (Å²) in [6, 6.07) is 12.5. The van der Waals surface area contributed by atoms with E-state index in [9.17, 15) is 0 Å². The van der Waals surface area contributed by atoms with Crippen LogP contribution in [0.15, 0.2) is 36.4 Å². The normalized spacial score (nSPS) is 11.4. The standard InChI is InChI=1S/C16H18N4S/c1-11-4-3-5-13(18-11)10-20(2)9-12-6-7-14-15(8-12)21-16(17)19-14/h3-8H,9-10H2,1-2H3,(H2,17,19). The number of nitrogens with zero attached hydrogens (tertiary/aromatic N) is 3. The Morgan fingerprint density at radius 1 is 1.14 bits per heavy atom. The fourth-order valence-electron chi connectivity index (χ4n) is 2.42. The van der Waals surface area contributed by atoms with Crippen molar-refractivity contribution in [3.05, 3.63) is 53.3 Å². The molecule has 21 heavy (non-hydrogen) atoms. The minimum atomic E-state index is 0.625. The molecule has 0 bridgehead atoms. The molecule has 2 N–H and O–H groups in total. The van der Waals surface area contributed by atoms with E-state index in [-0.39, 0.29) is 0 Å². The summed E-state index contributed by atoms with van der Waals surface area (Å²) in [5.74, 6) is 0. The number of hydrogen-bond donors (Lipinski definition) is 1. The molecule has 0 unspecified atom stereocenters. The lowest BCUT2D eigenvalue weighted by Gasteiger charge is -2.16. The molecule has 0 aliphatic carbocycles. The summed E-state index contributed by atoms with van der Waals surface area (Å²) < 4.78 is 1.15. The van der Waals surface area contributed by atoms with E-state index >= 15 is 0 Å². The first-order valence-electron chi connectivity index (χ1n) is 6.86. The topological polar surface area (TPSA) is 55.0 Å². The zero-order valence-electron chi connectivity index (χ0n) is 12.2. The molecule has 0 radical (unpaired) electrons. The summed E-state index contributed by atoms with van der Waals surface area (Å²) >= 11 is 1.54. The molecule has 0 amide bonds. The van der Waals surface area contributed by atoms with E-state index in [1.807, 2.05) is 19.1 Å². The molecule has 4 nitrogen and oxygen atoms in total. The van der Waals surface area contributed by atoms with Crippen LogP contribution in [0.2, 0.25) is 0 Å². The van der Waals surface area contributed by atoms with Crippen molar-refractivity contribution in [3.8, 4) is 0 Å². The van der Waals surface area contributed by atoms with E-state index in [0.29, 0.717) is 5.13 Å². The van der Waals surface area contributed by atoms with Gasteiger partial charge in [0, 0.05) is 18.8 Å². The zero-order chi connectivity index (χ0) is 14.8. The van der Waals surface area contributed by atoms with Crippen LogP contribution in [-0.4, -0.2) is 21.9 Å². The number of pyridine rings is 1. The average molecular weight is 298 g/mol. The van der Waals surface area contributed by atoms with Crippen LogP contribution in [0, 0.1) is 6.92 Å². The molecule has 108 valence electrons. The molecule has 0 saturated carbocycles. The van der Waals surface area contributed by atoms with Gasteiger partial charge in [0.2, 0.25) is 0 Å². The number of fused-ring (bicyclic) bond motifs is 1. The first-order chi connectivity index (χ1) is 10.1. The van der Waals surface area contributed by atoms with Crippen molar-refractivity contribution in [3.63, 3.8) is 0 Å². The largest absolute Gasteiger partial charge is 0.375 e. The molecular weight excluding hydrogens is 280 g/mol. The Morgan fingerprint density at radius 3 is 2.81 bits per heavy atom. The molecule has 0 aliphatic heterocycles. The van der Waals surface area contributed by atoms with Gasteiger partial charge in [-0.25, -0.2) is 4.98 Å². The lowest BCUT2D eigenvalue weighted by molar-refractivity contribution is 0.315. The summed E-state index contributed by atoms with van der Waals surface area (Å²) in [5.41, 5.74) is 10.1. The van der Waals surface area contributed by atoms with Gasteiger partial charge in [-0.15, -0.1) is 0 Å². The second-order valence-electron chi connectivity index (χ2n) is 5.30. The van der Waals surface area contributed by atoms with E-state index in [2.05, 4.69) is 46.2 Å². The number of rotatable bonds is 4. The van der Waals surface area contributed by atoms with Crippen LogP contribution < -0.4 is 5.73 Å². The Kier molecular flexibility index (Phi) is 3.86. The van der Waals surface area contributed by atoms with Gasteiger partial charge < -0.3 is 5.73 Å². The van der Waals surface area contributed by atoms with Crippen LogP contribution in [0.4, 0.5) is 5.13 Å². The van der Waals surface area contributed by atoms with Crippen molar-refractivity contribution < 1.29 is 0 Å². The third kappa shape index (κ3) is 3.37. The van der Waals surface area contributed by atoms with Gasteiger partial charge in [0.1, 0.15) is 0 Å². The predicted octanol–water partition coefficient (Wildman–Crippen LogP) is 3.21. The Bertz CT molecular complexity index is 766. The molecule has 0 fully saturated rings. The summed E-state index contributed by atoms with van der Waals surface area (Å²) in [5, 5.41) is 0.625. The zero-order valence-corrected chi connectivity index (χ0v) is 13.0. The fraction of sp³-hybridized carbons (Fsp3) is 0.250. The van der Waals surface area contributed by atoms with E-state index in [1.54, 1.807) is 0 Å². The number of nitrogen functional groups attached to an aromatic ring is 1. The molecule has 0 aliphatic rings. The van der Waals surface area contributed by atoms with Crippen LogP contribution in [0.1, 0.15) is 17.0 Å². The fourth-order valence-corrected chi connectivity index (χ4v) is 3.21. The summed E-state index contributed by atoms with van der Waals surface area (Å²) in [6.45, 7) is 3.74. The lowest BCUT2D eigenvalue weighted by Crippen LogP contribution is -2.18. The minimum Gasteiger partial charge on any atom is -0.375 e. The number of hydrogen-bond acceptors (Lipinski definition) is 5. The number of anilines is 1. The predicted molar refractivity (Wildman–Crippen MR) is 88.2 cm³/mol. The van der Waals surface area contributed by atoms with Gasteiger partial charge >= 0.3 is 0 Å². The highest BCUT2D eigenvalue weighted by atomic mass is 32.1. The van der Waals surface area contributed by atoms with Crippen LogP contribution in [0.3, 0.4) is 0 Å². The monoisotopic (exact) mass is 298 g/mol. The van der Waals surface area contributed by atoms with Crippen molar-refractivity contribution in [1.29, 1.82) is 0 Å². The molecule has 3 rings (SSSR count). The quantitative estimate of drug-likeness (QED) is 0.803. The minimum absolute atomic E-state index is 0.625. The second kappa shape index (κ2) is 5.79. The smallest absolute Gasteiger partial charge is 0.181 e. The Morgan fingerprint density at radius 2 is 2.00 bits per heavy atom. The Labute approximate surface area is 128 Å². The maximum Gasteiger partial charge on any atom is 0.181 e. The number of aryl methyl sites for hydroxylation is 1. The van der Waals surface area contributed by atoms with E-state index in [0.717, 1.165) is 34.7 Å². The van der Waals surface area contributed by atoms with Gasteiger partial charge in [-0.05, 0) is 43.8 Å². The highest BCUT2D eigenvalue weighted by Gasteiger charge is 2.06. The summed E-state index contributed by atoms with van der Waals surface area (Å²) in [6.07, 6.45) is 0. The van der Waals surface area contributed by atoms with Crippen molar-refractivity contribution in [1.82, 2.24) is 14.9 Å². The Balaban J connectivity index is 1.72. The van der Waals surface area contributed by atoms with Gasteiger partial charge in [-0.3, -0.25) is 9.88 Å². The second-order valence-corrected chi connectivity index (χ2v) is 6.36. The molecule has 0 atom stereocenters. The van der Waals surface area contributed by atoms with Gasteiger partial charge in [0.05, 0.1) is 15.9 Å². The third-order valence-corrected chi connectivity index (χ3v) is 4.15. The lowest BCUT2D eigenvalue weighted by atomic mass is 10.2. The van der Waals surface area contributed by atoms with Crippen LogP contribution in [0.5, 0.6) is 0 Å². The molecule has 3 aromatic rings. The molecule has 0 saturated heterocycles. The number of benzene rings is 1. The third-order valence-electron chi connectivity index (χ3n) is 3.30. The SMILES string of the molecule is Cc1cccc(CN(C)Cc2ccc3nc(N)sc3c2)n1. The van der Waals surface area contributed by atoms with Crippen LogP contribution in [-0.2, 0) is 13.1 Å². The maximum atomic E-state index is 5.75. The van der Waals surface area contributed by atoms with E-state index in [4.69, 9.17) is 5.73 Å². The molecule has 2 aromatic heterocycles. The van der Waals surface area contributed by atoms with Crippen molar-refractivity contribution in [2.24, 2.45) is 0 Å². The number of nitrogens with two attached hydrogens (primary N) is 1. The van der Waals surface area contributed by atoms with Gasteiger partial charge in [-0.1, -0.05) is 23.5 Å². The van der Waals surface area contributed by atoms with Gasteiger partial charge in [-0.2, -0.15) is 0 Å². The van der Waals surface area contributed by atoms with Gasteiger partial charge in [0.15, 0.2) is 5.13 Å². The first kappa shape index (κ1) is 14.0. The summed E-state index contributed by atoms with van der Waals surface area (Å²) in [7, 11) is 2.11. The van der Waals surface area contributed by atoms with Crippen molar-refractivity contribution >= 4 is 26.7 Å². The molecular formula is C16H18N4S. The highest BCUT2D eigenvalue weighted by Crippen LogP contribution is 2.25. The van der Waals surface area contributed by atoms with E-state index in [1.165, 1.54) is 16.9 Å². The highest BCUT2D eigenvalue weighted by molar-refractivity contribution is 7.22. The number of thiazole rings is 1. The van der Waals surface area contributed by atoms with Crippen LogP contribution >= 0.6 is 11.3 Å². The first-order valence-corrected chi connectivity index (χ1v) is 7.68. The van der Waals surface area contributed by atoms with Crippen molar-refractivity contribution in [2.75, 3.05) is 12.8 Å². The van der Waals surface area contributed by atoms with Gasteiger partial charge in [0.25, 0.3) is 0 Å².